The Bertz CT molecular complexity index is 151. The van der Waals surface area contributed by atoms with Gasteiger partial charge in [-0.15, -0.1) is 0 Å². The van der Waals surface area contributed by atoms with Gasteiger partial charge in [0.15, 0.2) is 0 Å². The van der Waals surface area contributed by atoms with Crippen LogP contribution in [0.4, 0.5) is 0 Å². The molecule has 1 saturated heterocycles. The molecule has 3 heteroatoms. The maximum atomic E-state index is 8.53. The van der Waals surface area contributed by atoms with Gasteiger partial charge >= 0.3 is 0 Å². The molecule has 1 fully saturated rings. The number of rotatable bonds is 4. The van der Waals surface area contributed by atoms with Crippen LogP contribution < -0.4 is 0 Å². The summed E-state index contributed by atoms with van der Waals surface area (Å²) < 4.78 is 0. The maximum absolute atomic E-state index is 8.53. The standard InChI is InChI=1S/C10H20N2O/c1-11-6-8-12(9-7-11)5-3-2-4-10-13/h2,4,13H,3,5-10H2,1H3/b4-2-. The molecule has 0 unspecified atom stereocenters. The Balaban J connectivity index is 2.05. The van der Waals surface area contributed by atoms with E-state index in [1.165, 1.54) is 26.2 Å². The Morgan fingerprint density at radius 1 is 1.15 bits per heavy atom. The Labute approximate surface area is 80.6 Å². The highest BCUT2D eigenvalue weighted by Crippen LogP contribution is 2.00. The van der Waals surface area contributed by atoms with Crippen molar-refractivity contribution in [1.29, 1.82) is 0 Å². The Hall–Kier alpha value is -0.380. The average Bonchev–Trinajstić information content (AvgIpc) is 2.15. The summed E-state index contributed by atoms with van der Waals surface area (Å²) in [5.41, 5.74) is 0. The van der Waals surface area contributed by atoms with E-state index >= 15 is 0 Å². The molecule has 0 saturated carbocycles. The Morgan fingerprint density at radius 3 is 2.46 bits per heavy atom. The van der Waals surface area contributed by atoms with Gasteiger partial charge in [0.25, 0.3) is 0 Å². The van der Waals surface area contributed by atoms with Gasteiger partial charge in [-0.1, -0.05) is 12.2 Å². The lowest BCUT2D eigenvalue weighted by Gasteiger charge is -2.31. The summed E-state index contributed by atoms with van der Waals surface area (Å²) in [6.07, 6.45) is 4.93. The van der Waals surface area contributed by atoms with Crippen molar-refractivity contribution in [3.63, 3.8) is 0 Å². The van der Waals surface area contributed by atoms with Gasteiger partial charge in [0, 0.05) is 32.7 Å². The van der Waals surface area contributed by atoms with Crippen molar-refractivity contribution in [2.75, 3.05) is 46.4 Å². The van der Waals surface area contributed by atoms with Gasteiger partial charge in [-0.25, -0.2) is 0 Å². The third-order valence-corrected chi connectivity index (χ3v) is 2.48. The van der Waals surface area contributed by atoms with Crippen molar-refractivity contribution < 1.29 is 5.11 Å². The molecular formula is C10H20N2O. The topological polar surface area (TPSA) is 26.7 Å². The van der Waals surface area contributed by atoms with Gasteiger partial charge in [0.1, 0.15) is 0 Å². The number of hydrogen-bond acceptors (Lipinski definition) is 3. The van der Waals surface area contributed by atoms with Crippen LogP contribution in [0.3, 0.4) is 0 Å². The molecule has 3 nitrogen and oxygen atoms in total. The second-order valence-corrected chi connectivity index (χ2v) is 3.59. The van der Waals surface area contributed by atoms with Crippen LogP contribution in [0.25, 0.3) is 0 Å². The highest BCUT2D eigenvalue weighted by molar-refractivity contribution is 4.82. The van der Waals surface area contributed by atoms with Gasteiger partial charge in [0.05, 0.1) is 6.61 Å². The molecule has 0 bridgehead atoms. The molecule has 0 aliphatic carbocycles. The minimum absolute atomic E-state index is 0.169. The van der Waals surface area contributed by atoms with Gasteiger partial charge in [-0.2, -0.15) is 0 Å². The summed E-state index contributed by atoms with van der Waals surface area (Å²) in [4.78, 5) is 4.84. The van der Waals surface area contributed by atoms with E-state index in [9.17, 15) is 0 Å². The molecule has 1 aliphatic heterocycles. The van der Waals surface area contributed by atoms with E-state index in [0.717, 1.165) is 13.0 Å². The number of likely N-dealkylation sites (N-methyl/N-ethyl adjacent to an activating group) is 1. The lowest BCUT2D eigenvalue weighted by atomic mass is 10.3. The number of hydrogen-bond donors (Lipinski definition) is 1. The van der Waals surface area contributed by atoms with E-state index in [1.807, 2.05) is 6.08 Å². The fourth-order valence-corrected chi connectivity index (χ4v) is 1.52. The van der Waals surface area contributed by atoms with Gasteiger partial charge in [-0.3, -0.25) is 0 Å². The van der Waals surface area contributed by atoms with E-state index < -0.39 is 0 Å². The third-order valence-electron chi connectivity index (χ3n) is 2.48. The lowest BCUT2D eigenvalue weighted by molar-refractivity contribution is 0.156. The fraction of sp³-hybridized carbons (Fsp3) is 0.800. The zero-order chi connectivity index (χ0) is 9.52. The molecule has 0 radical (unpaired) electrons. The predicted octanol–water partition coefficient (Wildman–Crippen LogP) is 0.172. The first-order valence-corrected chi connectivity index (χ1v) is 4.99. The van der Waals surface area contributed by atoms with E-state index in [0.29, 0.717) is 0 Å². The number of nitrogens with zero attached hydrogens (tertiary/aromatic N) is 2. The first kappa shape index (κ1) is 10.7. The van der Waals surface area contributed by atoms with Gasteiger partial charge in [0.2, 0.25) is 0 Å². The van der Waals surface area contributed by atoms with Crippen LogP contribution in [0.1, 0.15) is 6.42 Å². The highest BCUT2D eigenvalue weighted by Gasteiger charge is 2.11. The lowest BCUT2D eigenvalue weighted by Crippen LogP contribution is -2.44. The summed E-state index contributed by atoms with van der Waals surface area (Å²) in [5, 5.41) is 8.53. The molecule has 1 N–H and O–H groups in total. The molecule has 1 rings (SSSR count). The van der Waals surface area contributed by atoms with Crippen molar-refractivity contribution in [3.8, 4) is 0 Å². The minimum atomic E-state index is 0.169. The van der Waals surface area contributed by atoms with Crippen LogP contribution in [0.15, 0.2) is 12.2 Å². The van der Waals surface area contributed by atoms with Crippen molar-refractivity contribution >= 4 is 0 Å². The van der Waals surface area contributed by atoms with Crippen molar-refractivity contribution in [2.45, 2.75) is 6.42 Å². The Morgan fingerprint density at radius 2 is 1.85 bits per heavy atom. The van der Waals surface area contributed by atoms with Gasteiger partial charge in [-0.05, 0) is 13.5 Å². The monoisotopic (exact) mass is 184 g/mol. The second-order valence-electron chi connectivity index (χ2n) is 3.59. The van der Waals surface area contributed by atoms with Crippen molar-refractivity contribution in [3.05, 3.63) is 12.2 Å². The molecule has 0 atom stereocenters. The first-order valence-electron chi connectivity index (χ1n) is 4.99. The van der Waals surface area contributed by atoms with E-state index in [-0.39, 0.29) is 6.61 Å². The van der Waals surface area contributed by atoms with Crippen molar-refractivity contribution in [1.82, 2.24) is 9.80 Å². The molecule has 13 heavy (non-hydrogen) atoms. The van der Waals surface area contributed by atoms with Crippen LogP contribution >= 0.6 is 0 Å². The number of piperazine rings is 1. The quantitative estimate of drug-likeness (QED) is 0.631. The van der Waals surface area contributed by atoms with Crippen LogP contribution in [-0.2, 0) is 0 Å². The van der Waals surface area contributed by atoms with Gasteiger partial charge < -0.3 is 14.9 Å². The maximum Gasteiger partial charge on any atom is 0.0612 e. The molecule has 0 amide bonds. The van der Waals surface area contributed by atoms with Crippen LogP contribution in [0.5, 0.6) is 0 Å². The summed E-state index contributed by atoms with van der Waals surface area (Å²) in [6.45, 7) is 6.04. The fourth-order valence-electron chi connectivity index (χ4n) is 1.52. The van der Waals surface area contributed by atoms with E-state index in [4.69, 9.17) is 5.11 Å². The summed E-state index contributed by atoms with van der Waals surface area (Å²) >= 11 is 0. The summed E-state index contributed by atoms with van der Waals surface area (Å²) in [5.74, 6) is 0. The zero-order valence-corrected chi connectivity index (χ0v) is 8.45. The van der Waals surface area contributed by atoms with Crippen molar-refractivity contribution in [2.24, 2.45) is 0 Å². The number of aliphatic hydroxyl groups excluding tert-OH is 1. The highest BCUT2D eigenvalue weighted by atomic mass is 16.2. The molecule has 1 heterocycles. The Kier molecular flexibility index (Phi) is 5.05. The second kappa shape index (κ2) is 6.13. The smallest absolute Gasteiger partial charge is 0.0612 e. The molecule has 1 aliphatic rings. The van der Waals surface area contributed by atoms with Crippen LogP contribution in [0.2, 0.25) is 0 Å². The number of aliphatic hydroxyl groups is 1. The molecule has 0 aromatic rings. The van der Waals surface area contributed by atoms with E-state index in [1.54, 1.807) is 0 Å². The third kappa shape index (κ3) is 4.41. The largest absolute Gasteiger partial charge is 0.392 e. The van der Waals surface area contributed by atoms with Crippen LogP contribution in [0, 0.1) is 0 Å². The SMILES string of the molecule is CN1CCN(CC/C=C\CO)CC1. The first-order chi connectivity index (χ1) is 6.33. The summed E-state index contributed by atoms with van der Waals surface area (Å²) in [7, 11) is 2.17. The predicted molar refractivity (Wildman–Crippen MR) is 54.8 cm³/mol. The molecule has 76 valence electrons. The average molecular weight is 184 g/mol. The molecule has 0 spiro atoms. The molecule has 0 aromatic heterocycles. The molecular weight excluding hydrogens is 164 g/mol. The zero-order valence-electron chi connectivity index (χ0n) is 8.45. The normalized spacial score (nSPS) is 21.4. The minimum Gasteiger partial charge on any atom is -0.392 e. The van der Waals surface area contributed by atoms with E-state index in [2.05, 4.69) is 22.9 Å². The molecule has 0 aromatic carbocycles. The van der Waals surface area contributed by atoms with Crippen LogP contribution in [-0.4, -0.2) is 61.3 Å². The summed E-state index contributed by atoms with van der Waals surface area (Å²) in [6, 6.07) is 0.